The number of halogens is 2. The summed E-state index contributed by atoms with van der Waals surface area (Å²) in [5.74, 6) is -2.82. The van der Waals surface area contributed by atoms with Gasteiger partial charge in [-0.3, -0.25) is 19.1 Å². The van der Waals surface area contributed by atoms with Gasteiger partial charge in [0.25, 0.3) is 5.92 Å². The molecule has 1 fully saturated rings. The van der Waals surface area contributed by atoms with Gasteiger partial charge in [0.05, 0.1) is 29.5 Å². The summed E-state index contributed by atoms with van der Waals surface area (Å²) < 4.78 is 29.7. The maximum absolute atomic E-state index is 13.0. The number of fused-ring (bicyclic) bond motifs is 1. The number of carbonyl (C=O) groups excluding carboxylic acids is 1. The van der Waals surface area contributed by atoms with Crippen molar-refractivity contribution in [2.24, 2.45) is 7.05 Å². The molecule has 146 valence electrons. The molecule has 3 heterocycles. The highest BCUT2D eigenvalue weighted by atomic mass is 19.3. The molecular formula is C18H24F2N6O. The lowest BCUT2D eigenvalue weighted by Gasteiger charge is -2.36. The zero-order chi connectivity index (χ0) is 19.2. The van der Waals surface area contributed by atoms with Gasteiger partial charge in [-0.2, -0.15) is 10.2 Å². The molecule has 1 saturated carbocycles. The van der Waals surface area contributed by atoms with Gasteiger partial charge >= 0.3 is 0 Å². The highest BCUT2D eigenvalue weighted by Crippen LogP contribution is 2.37. The number of alkyl halides is 2. The minimum absolute atomic E-state index is 0.112. The van der Waals surface area contributed by atoms with Gasteiger partial charge in [0, 0.05) is 51.8 Å². The second-order valence-electron chi connectivity index (χ2n) is 7.72. The Kier molecular flexibility index (Phi) is 4.49. The van der Waals surface area contributed by atoms with Crippen molar-refractivity contribution in [3.8, 4) is 0 Å². The highest BCUT2D eigenvalue weighted by molar-refractivity contribution is 5.77. The quantitative estimate of drug-likeness (QED) is 0.861. The maximum atomic E-state index is 13.0. The first-order chi connectivity index (χ1) is 12.8. The fourth-order valence-electron chi connectivity index (χ4n) is 4.04. The van der Waals surface area contributed by atoms with Crippen LogP contribution in [0.3, 0.4) is 0 Å². The number of carbonyl (C=O) groups is 1. The number of aryl methyl sites for hydroxylation is 2. The van der Waals surface area contributed by atoms with Crippen LogP contribution in [0.25, 0.3) is 0 Å². The van der Waals surface area contributed by atoms with Crippen LogP contribution in [0.1, 0.15) is 42.4 Å². The largest absolute Gasteiger partial charge is 0.353 e. The lowest BCUT2D eigenvalue weighted by molar-refractivity contribution is -0.130. The summed E-state index contributed by atoms with van der Waals surface area (Å²) >= 11 is 0. The van der Waals surface area contributed by atoms with Crippen molar-refractivity contribution >= 4 is 5.91 Å². The molecule has 1 N–H and O–H groups in total. The first kappa shape index (κ1) is 18.1. The lowest BCUT2D eigenvalue weighted by Crippen LogP contribution is -2.51. The topological polar surface area (TPSA) is 68.0 Å². The number of aromatic nitrogens is 4. The molecule has 2 aromatic heterocycles. The molecular weight excluding hydrogens is 354 g/mol. The molecule has 1 aliphatic heterocycles. The summed E-state index contributed by atoms with van der Waals surface area (Å²) in [6, 6.07) is 3.49. The van der Waals surface area contributed by atoms with Crippen LogP contribution in [0.15, 0.2) is 18.3 Å². The van der Waals surface area contributed by atoms with Crippen LogP contribution < -0.4 is 5.32 Å². The van der Waals surface area contributed by atoms with Crippen molar-refractivity contribution in [3.05, 3.63) is 35.4 Å². The van der Waals surface area contributed by atoms with Crippen LogP contribution in [-0.4, -0.2) is 48.9 Å². The second-order valence-corrected chi connectivity index (χ2v) is 7.72. The molecule has 7 nitrogen and oxygen atoms in total. The molecule has 0 bridgehead atoms. The average Bonchev–Trinajstić information content (AvgIpc) is 3.12. The molecule has 27 heavy (non-hydrogen) atoms. The van der Waals surface area contributed by atoms with Gasteiger partial charge in [-0.05, 0) is 19.1 Å². The fraction of sp³-hybridized carbons (Fsp3) is 0.611. The number of hydrogen-bond donors (Lipinski definition) is 1. The predicted molar refractivity (Wildman–Crippen MR) is 94.1 cm³/mol. The first-order valence-corrected chi connectivity index (χ1v) is 9.20. The summed E-state index contributed by atoms with van der Waals surface area (Å²) in [6.45, 7) is 4.12. The van der Waals surface area contributed by atoms with E-state index in [1.165, 1.54) is 0 Å². The van der Waals surface area contributed by atoms with Crippen LogP contribution in [0.4, 0.5) is 8.78 Å². The monoisotopic (exact) mass is 378 g/mol. The minimum Gasteiger partial charge on any atom is -0.353 e. The molecule has 0 spiro atoms. The van der Waals surface area contributed by atoms with Crippen molar-refractivity contribution in [3.63, 3.8) is 0 Å². The molecule has 0 saturated heterocycles. The van der Waals surface area contributed by atoms with Crippen molar-refractivity contribution in [1.82, 2.24) is 29.8 Å². The number of nitrogens with zero attached hydrogens (tertiary/aromatic N) is 5. The summed E-state index contributed by atoms with van der Waals surface area (Å²) in [4.78, 5) is 14.6. The third-order valence-corrected chi connectivity index (χ3v) is 5.31. The van der Waals surface area contributed by atoms with E-state index in [-0.39, 0.29) is 31.2 Å². The van der Waals surface area contributed by atoms with E-state index in [0.717, 1.165) is 30.2 Å². The van der Waals surface area contributed by atoms with Gasteiger partial charge in [0.15, 0.2) is 0 Å². The van der Waals surface area contributed by atoms with E-state index in [2.05, 4.69) is 26.5 Å². The zero-order valence-corrected chi connectivity index (χ0v) is 15.5. The van der Waals surface area contributed by atoms with Crippen LogP contribution in [-0.2, 0) is 24.9 Å². The average molecular weight is 378 g/mol. The molecule has 4 rings (SSSR count). The van der Waals surface area contributed by atoms with Gasteiger partial charge in [-0.15, -0.1) is 0 Å². The van der Waals surface area contributed by atoms with Crippen LogP contribution in [0.2, 0.25) is 0 Å². The molecule has 2 aromatic rings. The zero-order valence-electron chi connectivity index (χ0n) is 15.5. The standard InChI is InChI=1S/C18H24F2N6O/c1-12-5-15(24(2)23-12)10-25-9-14-3-4-21-26(14)16(11-25)6-17(27)22-13-7-18(19,20)8-13/h3-5,13,16H,6-11H2,1-2H3,(H,22,27)/t16-/m0/s1. The fourth-order valence-corrected chi connectivity index (χ4v) is 4.04. The van der Waals surface area contributed by atoms with E-state index in [4.69, 9.17) is 0 Å². The van der Waals surface area contributed by atoms with Gasteiger partial charge in [-0.1, -0.05) is 0 Å². The summed E-state index contributed by atoms with van der Waals surface area (Å²) in [6.07, 6.45) is 1.45. The Hall–Kier alpha value is -2.29. The van der Waals surface area contributed by atoms with Gasteiger partial charge < -0.3 is 5.32 Å². The van der Waals surface area contributed by atoms with E-state index in [0.29, 0.717) is 6.54 Å². The number of nitrogens with one attached hydrogen (secondary N) is 1. The number of hydrogen-bond acceptors (Lipinski definition) is 4. The molecule has 0 unspecified atom stereocenters. The third kappa shape index (κ3) is 3.87. The van der Waals surface area contributed by atoms with Crippen molar-refractivity contribution in [2.75, 3.05) is 6.54 Å². The smallest absolute Gasteiger partial charge is 0.252 e. The molecule has 0 aromatic carbocycles. The molecule has 1 amide bonds. The van der Waals surface area contributed by atoms with Crippen LogP contribution in [0.5, 0.6) is 0 Å². The predicted octanol–water partition coefficient (Wildman–Crippen LogP) is 1.79. The van der Waals surface area contributed by atoms with Gasteiger partial charge in [-0.25, -0.2) is 8.78 Å². The maximum Gasteiger partial charge on any atom is 0.252 e. The van der Waals surface area contributed by atoms with E-state index in [9.17, 15) is 13.6 Å². The van der Waals surface area contributed by atoms with Crippen LogP contribution in [0, 0.1) is 6.92 Å². The van der Waals surface area contributed by atoms with E-state index >= 15 is 0 Å². The molecule has 1 atom stereocenters. The lowest BCUT2D eigenvalue weighted by atomic mass is 9.88. The second kappa shape index (κ2) is 6.70. The number of rotatable bonds is 5. The van der Waals surface area contributed by atoms with Gasteiger partial charge in [0.2, 0.25) is 5.91 Å². The first-order valence-electron chi connectivity index (χ1n) is 9.20. The van der Waals surface area contributed by atoms with Crippen molar-refractivity contribution in [1.29, 1.82) is 0 Å². The van der Waals surface area contributed by atoms with E-state index in [1.807, 2.05) is 29.4 Å². The Labute approximate surface area is 156 Å². The normalized spacial score (nSPS) is 22.3. The molecule has 1 aliphatic carbocycles. The third-order valence-electron chi connectivity index (χ3n) is 5.31. The molecule has 2 aliphatic rings. The van der Waals surface area contributed by atoms with Crippen molar-refractivity contribution < 1.29 is 13.6 Å². The SMILES string of the molecule is Cc1cc(CN2Cc3ccnn3[C@@H](CC(=O)NC3CC(F)(F)C3)C2)n(C)n1. The van der Waals surface area contributed by atoms with E-state index in [1.54, 1.807) is 6.20 Å². The summed E-state index contributed by atoms with van der Waals surface area (Å²) in [5.41, 5.74) is 3.14. The Morgan fingerprint density at radius 1 is 1.41 bits per heavy atom. The van der Waals surface area contributed by atoms with E-state index < -0.39 is 12.0 Å². The van der Waals surface area contributed by atoms with Crippen LogP contribution >= 0.6 is 0 Å². The highest BCUT2D eigenvalue weighted by Gasteiger charge is 2.46. The van der Waals surface area contributed by atoms with Gasteiger partial charge in [0.1, 0.15) is 0 Å². The number of amides is 1. The summed E-state index contributed by atoms with van der Waals surface area (Å²) in [5, 5.41) is 11.5. The Morgan fingerprint density at radius 2 is 2.19 bits per heavy atom. The Bertz CT molecular complexity index is 837. The minimum atomic E-state index is -2.63. The molecule has 9 heteroatoms. The Morgan fingerprint density at radius 3 is 2.85 bits per heavy atom. The summed E-state index contributed by atoms with van der Waals surface area (Å²) in [7, 11) is 1.93. The molecule has 0 radical (unpaired) electrons. The Balaban J connectivity index is 1.41. The van der Waals surface area contributed by atoms with Crippen molar-refractivity contribution in [2.45, 2.75) is 57.3 Å².